The summed E-state index contributed by atoms with van der Waals surface area (Å²) in [5.74, 6) is -0.469. The smallest absolute Gasteiger partial charge is 0.433 e. The van der Waals surface area contributed by atoms with Gasteiger partial charge in [-0.1, -0.05) is 0 Å². The molecule has 29 heavy (non-hydrogen) atoms. The number of aromatic amines is 1. The number of esters is 1. The number of hydrogen-bond acceptors (Lipinski definition) is 7. The summed E-state index contributed by atoms with van der Waals surface area (Å²) in [6.45, 7) is 2.95. The van der Waals surface area contributed by atoms with Crippen molar-refractivity contribution in [2.45, 2.75) is 26.1 Å². The van der Waals surface area contributed by atoms with Crippen LogP contribution in [0.2, 0.25) is 0 Å². The summed E-state index contributed by atoms with van der Waals surface area (Å²) in [4.78, 5) is 37.4. The minimum Gasteiger partial charge on any atom is -0.464 e. The molecule has 3 aromatic rings. The van der Waals surface area contributed by atoms with Crippen LogP contribution >= 0.6 is 0 Å². The first-order valence-corrected chi connectivity index (χ1v) is 8.40. The predicted molar refractivity (Wildman–Crippen MR) is 97.5 cm³/mol. The van der Waals surface area contributed by atoms with Gasteiger partial charge in [0.2, 0.25) is 0 Å². The molecular weight excluding hydrogens is 391 g/mol. The molecule has 0 aliphatic carbocycles. The number of pyridine rings is 2. The Hall–Kier alpha value is -3.50. The third-order valence-electron chi connectivity index (χ3n) is 4.12. The van der Waals surface area contributed by atoms with E-state index in [1.807, 2.05) is 0 Å². The van der Waals surface area contributed by atoms with Crippen molar-refractivity contribution < 1.29 is 22.7 Å². The Labute approximate surface area is 162 Å². The lowest BCUT2D eigenvalue weighted by Gasteiger charge is -2.20. The highest BCUT2D eigenvalue weighted by atomic mass is 19.4. The number of fused-ring (bicyclic) bond motifs is 1. The molecule has 0 bridgehead atoms. The summed E-state index contributed by atoms with van der Waals surface area (Å²) in [7, 11) is 1.21. The molecule has 152 valence electrons. The van der Waals surface area contributed by atoms with E-state index in [9.17, 15) is 22.8 Å². The van der Waals surface area contributed by atoms with Crippen molar-refractivity contribution in [3.8, 4) is 0 Å². The molecule has 0 aliphatic heterocycles. The lowest BCUT2D eigenvalue weighted by atomic mass is 10.0. The first-order valence-electron chi connectivity index (χ1n) is 8.40. The Balaban J connectivity index is 2.03. The maximum Gasteiger partial charge on any atom is 0.433 e. The van der Waals surface area contributed by atoms with Gasteiger partial charge in [0, 0.05) is 5.56 Å². The average Bonchev–Trinajstić information content (AvgIpc) is 2.66. The van der Waals surface area contributed by atoms with Gasteiger partial charge in [-0.25, -0.2) is 19.7 Å². The molecule has 0 saturated heterocycles. The number of methoxy groups -OCH3 is 1. The van der Waals surface area contributed by atoms with E-state index in [2.05, 4.69) is 30.0 Å². The third kappa shape index (κ3) is 4.18. The lowest BCUT2D eigenvalue weighted by Crippen LogP contribution is -2.20. The number of carbonyl (C=O) groups is 1. The molecule has 1 atom stereocenters. The highest BCUT2D eigenvalue weighted by Gasteiger charge is 2.37. The van der Waals surface area contributed by atoms with E-state index in [1.165, 1.54) is 39.3 Å². The summed E-state index contributed by atoms with van der Waals surface area (Å²) in [5.41, 5.74) is -1.79. The molecule has 11 heteroatoms. The van der Waals surface area contributed by atoms with Crippen LogP contribution in [0.25, 0.3) is 11.0 Å². The Morgan fingerprint density at radius 2 is 2.00 bits per heavy atom. The topological polar surface area (TPSA) is 110 Å². The van der Waals surface area contributed by atoms with Gasteiger partial charge in [0.15, 0.2) is 11.3 Å². The fourth-order valence-electron chi connectivity index (χ4n) is 2.78. The standard InChI is InChI=1S/C18H16F3N5O3/c1-8(23-10-4-5-13(22-7-10)17(28)29-3)11-6-12-15(24-9(2)25-16(12)27)26-14(11)18(19,20)21/h4-8,23H,1-3H3,(H,24,25,26,27)/t8-/m0/s1. The Morgan fingerprint density at radius 1 is 1.28 bits per heavy atom. The summed E-state index contributed by atoms with van der Waals surface area (Å²) >= 11 is 0. The number of aromatic nitrogens is 4. The highest BCUT2D eigenvalue weighted by molar-refractivity contribution is 5.87. The minimum atomic E-state index is -4.75. The number of nitrogens with zero attached hydrogens (tertiary/aromatic N) is 3. The molecule has 0 unspecified atom stereocenters. The summed E-state index contributed by atoms with van der Waals surface area (Å²) < 4.78 is 45.3. The monoisotopic (exact) mass is 407 g/mol. The lowest BCUT2D eigenvalue weighted by molar-refractivity contribution is -0.141. The molecule has 0 saturated carbocycles. The van der Waals surface area contributed by atoms with Gasteiger partial charge in [0.25, 0.3) is 5.56 Å². The van der Waals surface area contributed by atoms with Gasteiger partial charge >= 0.3 is 12.1 Å². The number of halogens is 3. The van der Waals surface area contributed by atoms with Gasteiger partial charge in [-0.2, -0.15) is 13.2 Å². The van der Waals surface area contributed by atoms with Crippen LogP contribution in [0.5, 0.6) is 0 Å². The van der Waals surface area contributed by atoms with Crippen molar-refractivity contribution in [1.29, 1.82) is 0 Å². The molecule has 0 amide bonds. The molecule has 0 radical (unpaired) electrons. The fourth-order valence-corrected chi connectivity index (χ4v) is 2.78. The number of aryl methyl sites for hydroxylation is 1. The van der Waals surface area contributed by atoms with Crippen LogP contribution < -0.4 is 10.9 Å². The number of nitrogens with one attached hydrogen (secondary N) is 2. The second kappa shape index (κ2) is 7.49. The zero-order valence-electron chi connectivity index (χ0n) is 15.6. The number of rotatable bonds is 4. The van der Waals surface area contributed by atoms with Crippen LogP contribution in [0, 0.1) is 6.92 Å². The van der Waals surface area contributed by atoms with Crippen molar-refractivity contribution in [3.63, 3.8) is 0 Å². The Morgan fingerprint density at radius 3 is 2.59 bits per heavy atom. The molecule has 0 aliphatic rings. The molecule has 3 heterocycles. The SMILES string of the molecule is COC(=O)c1ccc(N[C@@H](C)c2cc3c(=O)[nH]c(C)nc3nc2C(F)(F)F)cn1. The fraction of sp³-hybridized carbons (Fsp3) is 0.278. The molecular formula is C18H16F3N5O3. The van der Waals surface area contributed by atoms with E-state index in [-0.39, 0.29) is 28.1 Å². The number of hydrogen-bond donors (Lipinski definition) is 2. The molecule has 3 aromatic heterocycles. The molecule has 0 fully saturated rings. The van der Waals surface area contributed by atoms with E-state index in [0.29, 0.717) is 5.69 Å². The van der Waals surface area contributed by atoms with E-state index in [4.69, 9.17) is 0 Å². The van der Waals surface area contributed by atoms with Crippen LogP contribution in [0.3, 0.4) is 0 Å². The van der Waals surface area contributed by atoms with E-state index >= 15 is 0 Å². The van der Waals surface area contributed by atoms with Crippen molar-refractivity contribution in [2.75, 3.05) is 12.4 Å². The Kier molecular flexibility index (Phi) is 5.23. The minimum absolute atomic E-state index is 0.0496. The molecule has 3 rings (SSSR count). The maximum absolute atomic E-state index is 13.6. The number of carbonyl (C=O) groups excluding carboxylic acids is 1. The molecule has 0 spiro atoms. The molecule has 2 N–H and O–H groups in total. The van der Waals surface area contributed by atoms with E-state index < -0.39 is 29.4 Å². The van der Waals surface area contributed by atoms with E-state index in [1.54, 1.807) is 0 Å². The number of alkyl halides is 3. The second-order valence-corrected chi connectivity index (χ2v) is 6.24. The van der Waals surface area contributed by atoms with Gasteiger partial charge < -0.3 is 15.0 Å². The first kappa shape index (κ1) is 20.2. The summed E-state index contributed by atoms with van der Waals surface area (Å²) in [6, 6.07) is 3.11. The first-order chi connectivity index (χ1) is 13.6. The number of H-pyrrole nitrogens is 1. The quantitative estimate of drug-likeness (QED) is 0.640. The van der Waals surface area contributed by atoms with Gasteiger partial charge in [-0.05, 0) is 32.0 Å². The van der Waals surface area contributed by atoms with Crippen LogP contribution in [0.15, 0.2) is 29.2 Å². The molecule has 8 nitrogen and oxygen atoms in total. The predicted octanol–water partition coefficient (Wildman–Crippen LogP) is 3.00. The molecule has 0 aromatic carbocycles. The van der Waals surface area contributed by atoms with Gasteiger partial charge in [0.05, 0.1) is 30.4 Å². The summed E-state index contributed by atoms with van der Waals surface area (Å²) in [5, 5.41) is 2.81. The van der Waals surface area contributed by atoms with Gasteiger partial charge in [0.1, 0.15) is 11.5 Å². The highest BCUT2D eigenvalue weighted by Crippen LogP contribution is 2.35. The average molecular weight is 407 g/mol. The third-order valence-corrected chi connectivity index (χ3v) is 4.12. The van der Waals surface area contributed by atoms with Crippen molar-refractivity contribution in [2.24, 2.45) is 0 Å². The van der Waals surface area contributed by atoms with Crippen LogP contribution in [0.1, 0.15) is 40.5 Å². The normalized spacial score (nSPS) is 12.6. The zero-order valence-corrected chi connectivity index (χ0v) is 15.6. The largest absolute Gasteiger partial charge is 0.464 e. The van der Waals surface area contributed by atoms with Crippen LogP contribution in [-0.2, 0) is 10.9 Å². The van der Waals surface area contributed by atoms with Crippen LogP contribution in [-0.4, -0.2) is 33.0 Å². The van der Waals surface area contributed by atoms with Crippen molar-refractivity contribution >= 4 is 22.7 Å². The van der Waals surface area contributed by atoms with Crippen LogP contribution in [0.4, 0.5) is 18.9 Å². The summed E-state index contributed by atoms with van der Waals surface area (Å²) in [6.07, 6.45) is -3.45. The Bertz CT molecular complexity index is 1130. The maximum atomic E-state index is 13.6. The second-order valence-electron chi connectivity index (χ2n) is 6.24. The van der Waals surface area contributed by atoms with Crippen molar-refractivity contribution in [3.05, 3.63) is 57.5 Å². The van der Waals surface area contributed by atoms with Gasteiger partial charge in [-0.3, -0.25) is 4.79 Å². The number of ether oxygens (including phenoxy) is 1. The van der Waals surface area contributed by atoms with Gasteiger partial charge in [-0.15, -0.1) is 0 Å². The number of anilines is 1. The van der Waals surface area contributed by atoms with Crippen molar-refractivity contribution in [1.82, 2.24) is 19.9 Å². The zero-order chi connectivity index (χ0) is 21.3. The van der Waals surface area contributed by atoms with E-state index in [0.717, 1.165) is 6.07 Å².